The molecule has 1 fully saturated rings. The third-order valence-electron chi connectivity index (χ3n) is 6.98. The quantitative estimate of drug-likeness (QED) is 0.390. The average Bonchev–Trinajstić information content (AvgIpc) is 2.79. The molecule has 0 aromatic heterocycles. The van der Waals surface area contributed by atoms with Crippen LogP contribution in [0.5, 0.6) is 0 Å². The maximum absolute atomic E-state index is 14.9. The van der Waals surface area contributed by atoms with Crippen LogP contribution in [0.1, 0.15) is 67.2 Å². The summed E-state index contributed by atoms with van der Waals surface area (Å²) in [5, 5.41) is 0. The lowest BCUT2D eigenvalue weighted by Crippen LogP contribution is -2.12. The van der Waals surface area contributed by atoms with E-state index < -0.39 is 0 Å². The fraction of sp³-hybridized carbons (Fsp3) is 0.379. The Kier molecular flexibility index (Phi) is 6.67. The molecule has 0 heterocycles. The Morgan fingerprint density at radius 1 is 0.767 bits per heavy atom. The molecule has 0 saturated heterocycles. The van der Waals surface area contributed by atoms with Crippen LogP contribution < -0.4 is 0 Å². The number of rotatable bonds is 6. The Balaban J connectivity index is 1.40. The summed E-state index contributed by atoms with van der Waals surface area (Å²) in [6.45, 7) is 4.40. The van der Waals surface area contributed by atoms with Crippen molar-refractivity contribution in [3.63, 3.8) is 0 Å². The normalized spacial score (nSPS) is 19.0. The van der Waals surface area contributed by atoms with E-state index in [9.17, 15) is 4.39 Å². The summed E-state index contributed by atoms with van der Waals surface area (Å²) in [4.78, 5) is 0. The van der Waals surface area contributed by atoms with E-state index in [1.165, 1.54) is 54.4 Å². The molecule has 3 aromatic rings. The second kappa shape index (κ2) is 9.60. The highest BCUT2D eigenvalue weighted by molar-refractivity contribution is 5.65. The largest absolute Gasteiger partial charge is 0.206 e. The zero-order valence-electron chi connectivity index (χ0n) is 18.3. The van der Waals surface area contributed by atoms with E-state index >= 15 is 0 Å². The molecule has 0 atom stereocenters. The first-order chi connectivity index (χ1) is 14.6. The highest BCUT2D eigenvalue weighted by atomic mass is 19.1. The van der Waals surface area contributed by atoms with Crippen LogP contribution in [0.25, 0.3) is 11.1 Å². The predicted molar refractivity (Wildman–Crippen MR) is 125 cm³/mol. The van der Waals surface area contributed by atoms with Crippen molar-refractivity contribution in [1.82, 2.24) is 0 Å². The van der Waals surface area contributed by atoms with E-state index in [0.717, 1.165) is 24.3 Å². The van der Waals surface area contributed by atoms with Crippen molar-refractivity contribution in [2.24, 2.45) is 5.92 Å². The van der Waals surface area contributed by atoms with Crippen molar-refractivity contribution in [1.29, 1.82) is 0 Å². The molecule has 0 nitrogen and oxygen atoms in total. The number of halogens is 1. The zero-order valence-corrected chi connectivity index (χ0v) is 18.3. The lowest BCUT2D eigenvalue weighted by molar-refractivity contribution is 0.318. The summed E-state index contributed by atoms with van der Waals surface area (Å²) in [5.74, 6) is 1.31. The molecular weight excluding hydrogens is 367 g/mol. The molecule has 4 rings (SSSR count). The Labute approximate surface area is 181 Å². The lowest BCUT2D eigenvalue weighted by Gasteiger charge is -2.28. The van der Waals surface area contributed by atoms with Crippen molar-refractivity contribution in [3.8, 4) is 11.1 Å². The molecule has 1 aliphatic carbocycles. The van der Waals surface area contributed by atoms with E-state index in [1.54, 1.807) is 6.07 Å². The Hall–Kier alpha value is -2.41. The van der Waals surface area contributed by atoms with Gasteiger partial charge >= 0.3 is 0 Å². The zero-order chi connectivity index (χ0) is 20.9. The van der Waals surface area contributed by atoms with Gasteiger partial charge in [-0.05, 0) is 85.6 Å². The van der Waals surface area contributed by atoms with Gasteiger partial charge in [-0.1, -0.05) is 79.6 Å². The summed E-state index contributed by atoms with van der Waals surface area (Å²) in [5.41, 5.74) is 6.81. The maximum Gasteiger partial charge on any atom is 0.131 e. The van der Waals surface area contributed by atoms with Gasteiger partial charge in [0.2, 0.25) is 0 Å². The van der Waals surface area contributed by atoms with Gasteiger partial charge in [0.1, 0.15) is 5.82 Å². The molecule has 0 amide bonds. The van der Waals surface area contributed by atoms with E-state index in [2.05, 4.69) is 68.4 Å². The van der Waals surface area contributed by atoms with E-state index in [-0.39, 0.29) is 5.82 Å². The summed E-state index contributed by atoms with van der Waals surface area (Å²) in [7, 11) is 0. The van der Waals surface area contributed by atoms with Gasteiger partial charge in [0.05, 0.1) is 0 Å². The number of benzene rings is 3. The summed E-state index contributed by atoms with van der Waals surface area (Å²) >= 11 is 0. The van der Waals surface area contributed by atoms with Crippen LogP contribution in [0, 0.1) is 18.7 Å². The SMILES string of the molecule is CC[C@H]1CC[C@H](c2ccc(-c3ccc(CCc4ccc(C)cc4)cc3)c(F)c2)CC1. The summed E-state index contributed by atoms with van der Waals surface area (Å²) in [6.07, 6.45) is 8.29. The maximum atomic E-state index is 14.9. The van der Waals surface area contributed by atoms with Gasteiger partial charge in [0.15, 0.2) is 0 Å². The van der Waals surface area contributed by atoms with Crippen LogP contribution in [0.4, 0.5) is 4.39 Å². The minimum atomic E-state index is -0.0856. The number of aryl methyl sites for hydroxylation is 3. The molecule has 156 valence electrons. The number of hydrogen-bond donors (Lipinski definition) is 0. The van der Waals surface area contributed by atoms with Crippen molar-refractivity contribution in [2.45, 2.75) is 64.7 Å². The van der Waals surface area contributed by atoms with Gasteiger partial charge in [-0.15, -0.1) is 0 Å². The van der Waals surface area contributed by atoms with Gasteiger partial charge < -0.3 is 0 Å². The van der Waals surface area contributed by atoms with Gasteiger partial charge in [0.25, 0.3) is 0 Å². The minimum Gasteiger partial charge on any atom is -0.206 e. The molecule has 30 heavy (non-hydrogen) atoms. The third kappa shape index (κ3) is 5.01. The molecule has 0 bridgehead atoms. The molecule has 0 unspecified atom stereocenters. The first-order valence-corrected chi connectivity index (χ1v) is 11.6. The fourth-order valence-corrected chi connectivity index (χ4v) is 4.82. The van der Waals surface area contributed by atoms with Crippen LogP contribution in [-0.4, -0.2) is 0 Å². The van der Waals surface area contributed by atoms with Crippen molar-refractivity contribution < 1.29 is 4.39 Å². The van der Waals surface area contributed by atoms with Crippen molar-refractivity contribution >= 4 is 0 Å². The highest BCUT2D eigenvalue weighted by Gasteiger charge is 2.22. The Morgan fingerprint density at radius 2 is 1.37 bits per heavy atom. The molecule has 1 heteroatoms. The van der Waals surface area contributed by atoms with Crippen LogP contribution in [0.15, 0.2) is 66.7 Å². The molecule has 0 aliphatic heterocycles. The smallest absolute Gasteiger partial charge is 0.131 e. The van der Waals surface area contributed by atoms with E-state index in [1.807, 2.05) is 6.07 Å². The van der Waals surface area contributed by atoms with Gasteiger partial charge in [0, 0.05) is 5.56 Å². The third-order valence-corrected chi connectivity index (χ3v) is 6.98. The van der Waals surface area contributed by atoms with Crippen molar-refractivity contribution in [3.05, 3.63) is 94.8 Å². The van der Waals surface area contributed by atoms with E-state index in [4.69, 9.17) is 0 Å². The molecule has 1 saturated carbocycles. The molecule has 1 aliphatic rings. The highest BCUT2D eigenvalue weighted by Crippen LogP contribution is 2.38. The van der Waals surface area contributed by atoms with Crippen LogP contribution >= 0.6 is 0 Å². The van der Waals surface area contributed by atoms with E-state index in [0.29, 0.717) is 11.5 Å². The van der Waals surface area contributed by atoms with Crippen LogP contribution in [0.3, 0.4) is 0 Å². The Morgan fingerprint density at radius 3 is 1.93 bits per heavy atom. The van der Waals surface area contributed by atoms with Gasteiger partial charge in [-0.2, -0.15) is 0 Å². The molecule has 0 spiro atoms. The van der Waals surface area contributed by atoms with Crippen LogP contribution in [-0.2, 0) is 12.8 Å². The second-order valence-corrected chi connectivity index (χ2v) is 9.05. The van der Waals surface area contributed by atoms with Crippen LogP contribution in [0.2, 0.25) is 0 Å². The molecular formula is C29H33F. The Bertz CT molecular complexity index is 945. The molecule has 0 N–H and O–H groups in total. The minimum absolute atomic E-state index is 0.0856. The average molecular weight is 401 g/mol. The van der Waals surface area contributed by atoms with Gasteiger partial charge in [-0.25, -0.2) is 4.39 Å². The number of hydrogen-bond acceptors (Lipinski definition) is 0. The topological polar surface area (TPSA) is 0 Å². The monoisotopic (exact) mass is 400 g/mol. The first kappa shape index (κ1) is 20.8. The summed E-state index contributed by atoms with van der Waals surface area (Å²) in [6, 6.07) is 23.1. The first-order valence-electron chi connectivity index (χ1n) is 11.6. The summed E-state index contributed by atoms with van der Waals surface area (Å²) < 4.78 is 14.9. The van der Waals surface area contributed by atoms with Gasteiger partial charge in [-0.3, -0.25) is 0 Å². The molecule has 0 radical (unpaired) electrons. The lowest BCUT2D eigenvalue weighted by atomic mass is 9.77. The predicted octanol–water partition coefficient (Wildman–Crippen LogP) is 8.27. The fourth-order valence-electron chi connectivity index (χ4n) is 4.82. The van der Waals surface area contributed by atoms with Crippen molar-refractivity contribution in [2.75, 3.05) is 0 Å². The molecule has 3 aromatic carbocycles. The standard InChI is InChI=1S/C29H33F/c1-3-22-10-14-25(15-11-22)27-18-19-28(29(30)20-27)26-16-12-24(13-17-26)9-8-23-6-4-21(2)5-7-23/h4-7,12-13,16-20,22,25H,3,8-11,14-15H2,1-2H3/t22-,25-. The second-order valence-electron chi connectivity index (χ2n) is 9.05.